The molecular weight excluding hydrogens is 266 g/mol. The fraction of sp³-hybridized carbons (Fsp3) is 0.375. The lowest BCUT2D eigenvalue weighted by molar-refractivity contribution is 0.0526. The second kappa shape index (κ2) is 9.58. The van der Waals surface area contributed by atoms with Crippen LogP contribution in [0.3, 0.4) is 0 Å². The first-order valence-corrected chi connectivity index (χ1v) is 7.10. The Morgan fingerprint density at radius 1 is 1.29 bits per heavy atom. The van der Waals surface area contributed by atoms with Gasteiger partial charge in [0.25, 0.3) is 0 Å². The van der Waals surface area contributed by atoms with Crippen molar-refractivity contribution in [3.8, 4) is 0 Å². The van der Waals surface area contributed by atoms with Crippen LogP contribution in [0.4, 0.5) is 0 Å². The molecule has 0 aliphatic rings. The molecule has 0 unspecified atom stereocenters. The number of ether oxygens (including phenoxy) is 1. The molecule has 5 heteroatoms. The van der Waals surface area contributed by atoms with E-state index in [-0.39, 0.29) is 5.97 Å². The van der Waals surface area contributed by atoms with Crippen LogP contribution < -0.4 is 10.6 Å². The lowest BCUT2D eigenvalue weighted by Crippen LogP contribution is -2.37. The van der Waals surface area contributed by atoms with E-state index in [0.29, 0.717) is 25.3 Å². The molecule has 5 nitrogen and oxygen atoms in total. The van der Waals surface area contributed by atoms with E-state index >= 15 is 0 Å². The van der Waals surface area contributed by atoms with Crippen LogP contribution in [0.25, 0.3) is 0 Å². The monoisotopic (exact) mass is 289 g/mol. The molecule has 0 atom stereocenters. The first-order valence-electron chi connectivity index (χ1n) is 7.10. The summed E-state index contributed by atoms with van der Waals surface area (Å²) in [4.78, 5) is 16.0. The zero-order valence-electron chi connectivity index (χ0n) is 12.7. The Morgan fingerprint density at radius 3 is 2.57 bits per heavy atom. The van der Waals surface area contributed by atoms with Gasteiger partial charge in [0.05, 0.1) is 18.7 Å². The van der Waals surface area contributed by atoms with Crippen LogP contribution >= 0.6 is 0 Å². The largest absolute Gasteiger partial charge is 0.462 e. The molecule has 0 amide bonds. The SMILES string of the molecule is C=CCNC(=NCc1ccc(C(=O)OCC)cc1)NCC. The van der Waals surface area contributed by atoms with Crippen LogP contribution in [0.15, 0.2) is 41.9 Å². The summed E-state index contributed by atoms with van der Waals surface area (Å²) in [5.41, 5.74) is 1.58. The average molecular weight is 289 g/mol. The standard InChI is InChI=1S/C16H23N3O2/c1-4-11-18-16(17-5-2)19-12-13-7-9-14(10-8-13)15(20)21-6-3/h4,7-10H,1,5-6,11-12H2,2-3H3,(H2,17,18,19). The molecule has 0 fully saturated rings. The van der Waals surface area contributed by atoms with Crippen molar-refractivity contribution in [2.75, 3.05) is 19.7 Å². The van der Waals surface area contributed by atoms with Gasteiger partial charge in [-0.2, -0.15) is 0 Å². The van der Waals surface area contributed by atoms with Gasteiger partial charge < -0.3 is 15.4 Å². The van der Waals surface area contributed by atoms with E-state index in [4.69, 9.17) is 4.74 Å². The fourth-order valence-electron chi connectivity index (χ4n) is 1.64. The van der Waals surface area contributed by atoms with Crippen molar-refractivity contribution in [1.82, 2.24) is 10.6 Å². The lowest BCUT2D eigenvalue weighted by Gasteiger charge is -2.09. The van der Waals surface area contributed by atoms with Gasteiger partial charge in [0.1, 0.15) is 0 Å². The molecule has 0 heterocycles. The highest BCUT2D eigenvalue weighted by Crippen LogP contribution is 2.07. The van der Waals surface area contributed by atoms with Gasteiger partial charge in [-0.05, 0) is 31.5 Å². The highest BCUT2D eigenvalue weighted by molar-refractivity contribution is 5.89. The third kappa shape index (κ3) is 6.12. The number of nitrogens with one attached hydrogen (secondary N) is 2. The molecule has 1 aromatic rings. The van der Waals surface area contributed by atoms with Crippen molar-refractivity contribution >= 4 is 11.9 Å². The number of esters is 1. The Labute approximate surface area is 126 Å². The molecule has 21 heavy (non-hydrogen) atoms. The Morgan fingerprint density at radius 2 is 2.00 bits per heavy atom. The predicted molar refractivity (Wildman–Crippen MR) is 85.4 cm³/mol. The van der Waals surface area contributed by atoms with E-state index in [1.807, 2.05) is 19.1 Å². The van der Waals surface area contributed by atoms with Gasteiger partial charge >= 0.3 is 5.97 Å². The molecule has 0 saturated carbocycles. The maximum atomic E-state index is 11.5. The van der Waals surface area contributed by atoms with Crippen LogP contribution in [-0.2, 0) is 11.3 Å². The van der Waals surface area contributed by atoms with Crippen LogP contribution in [0, 0.1) is 0 Å². The summed E-state index contributed by atoms with van der Waals surface area (Å²) in [5.74, 6) is 0.445. The molecule has 1 aromatic carbocycles. The zero-order valence-corrected chi connectivity index (χ0v) is 12.7. The third-order valence-electron chi connectivity index (χ3n) is 2.64. The predicted octanol–water partition coefficient (Wildman–Crippen LogP) is 2.10. The first-order chi connectivity index (χ1) is 10.2. The number of carbonyl (C=O) groups is 1. The van der Waals surface area contributed by atoms with Gasteiger partial charge in [-0.3, -0.25) is 0 Å². The quantitative estimate of drug-likeness (QED) is 0.349. The molecule has 114 valence electrons. The molecule has 0 spiro atoms. The van der Waals surface area contributed by atoms with Gasteiger partial charge in [-0.1, -0.05) is 18.2 Å². The summed E-state index contributed by atoms with van der Waals surface area (Å²) < 4.78 is 4.95. The van der Waals surface area contributed by atoms with E-state index < -0.39 is 0 Å². The van der Waals surface area contributed by atoms with Crippen molar-refractivity contribution in [3.63, 3.8) is 0 Å². The molecule has 0 aliphatic heterocycles. The minimum atomic E-state index is -0.298. The van der Waals surface area contributed by atoms with Crippen molar-refractivity contribution < 1.29 is 9.53 Å². The highest BCUT2D eigenvalue weighted by Gasteiger charge is 2.05. The summed E-state index contributed by atoms with van der Waals surface area (Å²) >= 11 is 0. The van der Waals surface area contributed by atoms with Gasteiger partial charge in [-0.25, -0.2) is 9.79 Å². The van der Waals surface area contributed by atoms with Crippen molar-refractivity contribution in [1.29, 1.82) is 0 Å². The van der Waals surface area contributed by atoms with E-state index in [0.717, 1.165) is 18.1 Å². The normalized spacial score (nSPS) is 10.9. The van der Waals surface area contributed by atoms with Crippen LogP contribution in [0.1, 0.15) is 29.8 Å². The second-order valence-corrected chi connectivity index (χ2v) is 4.28. The molecule has 1 rings (SSSR count). The number of rotatable bonds is 7. The second-order valence-electron chi connectivity index (χ2n) is 4.28. The minimum Gasteiger partial charge on any atom is -0.462 e. The van der Waals surface area contributed by atoms with E-state index in [2.05, 4.69) is 22.2 Å². The lowest BCUT2D eigenvalue weighted by atomic mass is 10.1. The van der Waals surface area contributed by atoms with E-state index in [9.17, 15) is 4.79 Å². The maximum Gasteiger partial charge on any atom is 0.338 e. The smallest absolute Gasteiger partial charge is 0.338 e. The number of hydrogen-bond acceptors (Lipinski definition) is 3. The van der Waals surface area contributed by atoms with Gasteiger partial charge in [-0.15, -0.1) is 6.58 Å². The summed E-state index contributed by atoms with van der Waals surface area (Å²) in [5, 5.41) is 6.28. The fourth-order valence-corrected chi connectivity index (χ4v) is 1.64. The van der Waals surface area contributed by atoms with Crippen molar-refractivity contribution in [2.45, 2.75) is 20.4 Å². The van der Waals surface area contributed by atoms with Gasteiger partial charge in [0, 0.05) is 13.1 Å². The Hall–Kier alpha value is -2.30. The molecule has 0 radical (unpaired) electrons. The van der Waals surface area contributed by atoms with Crippen LogP contribution in [0.2, 0.25) is 0 Å². The molecular formula is C16H23N3O2. The Bertz CT molecular complexity index is 481. The molecule has 0 aliphatic carbocycles. The van der Waals surface area contributed by atoms with Gasteiger partial charge in [0.2, 0.25) is 0 Å². The molecule has 0 bridgehead atoms. The zero-order chi connectivity index (χ0) is 15.5. The average Bonchev–Trinajstić information content (AvgIpc) is 2.51. The number of aliphatic imine (C=N–C) groups is 1. The van der Waals surface area contributed by atoms with Crippen LogP contribution in [-0.4, -0.2) is 31.6 Å². The number of carbonyl (C=O) groups excluding carboxylic acids is 1. The maximum absolute atomic E-state index is 11.5. The summed E-state index contributed by atoms with van der Waals surface area (Å²) in [7, 11) is 0. The Balaban J connectivity index is 2.64. The molecule has 0 aromatic heterocycles. The molecule has 2 N–H and O–H groups in total. The highest BCUT2D eigenvalue weighted by atomic mass is 16.5. The minimum absolute atomic E-state index is 0.298. The first kappa shape index (κ1) is 16.8. The number of nitrogens with zero attached hydrogens (tertiary/aromatic N) is 1. The van der Waals surface area contributed by atoms with E-state index in [1.165, 1.54) is 0 Å². The number of guanidine groups is 1. The van der Waals surface area contributed by atoms with Gasteiger partial charge in [0.15, 0.2) is 5.96 Å². The third-order valence-corrected chi connectivity index (χ3v) is 2.64. The van der Waals surface area contributed by atoms with E-state index in [1.54, 1.807) is 25.1 Å². The molecule has 0 saturated heterocycles. The summed E-state index contributed by atoms with van der Waals surface area (Å²) in [6, 6.07) is 7.28. The Kier molecular flexibility index (Phi) is 7.64. The van der Waals surface area contributed by atoms with Crippen molar-refractivity contribution in [3.05, 3.63) is 48.0 Å². The summed E-state index contributed by atoms with van der Waals surface area (Å²) in [6.07, 6.45) is 1.78. The topological polar surface area (TPSA) is 62.7 Å². The summed E-state index contributed by atoms with van der Waals surface area (Å²) in [6.45, 7) is 9.84. The van der Waals surface area contributed by atoms with Crippen molar-refractivity contribution in [2.24, 2.45) is 4.99 Å². The number of hydrogen-bond donors (Lipinski definition) is 2. The number of benzene rings is 1. The van der Waals surface area contributed by atoms with Crippen LogP contribution in [0.5, 0.6) is 0 Å².